The SMILES string of the molecule is CC(C)(C)CCNC(=O)CCS(=O)CCNC(C)(C)CC(C)(C)CC(=O)NCCNC(=O)CN(N)C(C)(C)C. The minimum Gasteiger partial charge on any atom is -0.356 e. The fourth-order valence-corrected chi connectivity index (χ4v) is 5.09. The van der Waals surface area contributed by atoms with Crippen LogP contribution in [-0.4, -0.2) is 82.2 Å². The lowest BCUT2D eigenvalue weighted by Crippen LogP contribution is -2.51. The van der Waals surface area contributed by atoms with Crippen LogP contribution in [0.15, 0.2) is 0 Å². The van der Waals surface area contributed by atoms with E-state index in [1.165, 1.54) is 5.01 Å². The van der Waals surface area contributed by atoms with Gasteiger partial charge in [-0.2, -0.15) is 0 Å². The van der Waals surface area contributed by atoms with E-state index in [-0.39, 0.29) is 52.6 Å². The second kappa shape index (κ2) is 16.6. The first-order chi connectivity index (χ1) is 17.6. The summed E-state index contributed by atoms with van der Waals surface area (Å²) in [5, 5.41) is 13.5. The van der Waals surface area contributed by atoms with Gasteiger partial charge in [-0.05, 0) is 58.3 Å². The van der Waals surface area contributed by atoms with Gasteiger partial charge in [-0.1, -0.05) is 34.6 Å². The van der Waals surface area contributed by atoms with Crippen LogP contribution in [-0.2, 0) is 25.2 Å². The van der Waals surface area contributed by atoms with Gasteiger partial charge < -0.3 is 21.3 Å². The van der Waals surface area contributed by atoms with Gasteiger partial charge in [0.05, 0.1) is 6.54 Å². The molecule has 0 aromatic rings. The molecule has 0 fully saturated rings. The van der Waals surface area contributed by atoms with Crippen LogP contribution in [0.4, 0.5) is 0 Å². The third kappa shape index (κ3) is 20.9. The maximum absolute atomic E-state index is 12.5. The normalized spacial score (nSPS) is 13.7. The van der Waals surface area contributed by atoms with Crippen LogP contribution < -0.4 is 27.1 Å². The molecule has 0 aliphatic heterocycles. The molecule has 3 amide bonds. The van der Waals surface area contributed by atoms with Crippen molar-refractivity contribution in [1.29, 1.82) is 0 Å². The molecule has 0 spiro atoms. The first-order valence-electron chi connectivity index (χ1n) is 14.0. The average molecular weight is 575 g/mol. The predicted octanol–water partition coefficient (Wildman–Crippen LogP) is 2.06. The Balaban J connectivity index is 4.25. The van der Waals surface area contributed by atoms with Gasteiger partial charge in [0.2, 0.25) is 17.7 Å². The summed E-state index contributed by atoms with van der Waals surface area (Å²) in [5.74, 6) is 6.42. The van der Waals surface area contributed by atoms with E-state index in [0.717, 1.165) is 12.8 Å². The van der Waals surface area contributed by atoms with Crippen molar-refractivity contribution < 1.29 is 18.6 Å². The van der Waals surface area contributed by atoms with E-state index in [2.05, 4.69) is 69.7 Å². The summed E-state index contributed by atoms with van der Waals surface area (Å²) in [7, 11) is -1.07. The van der Waals surface area contributed by atoms with Gasteiger partial charge in [-0.3, -0.25) is 24.4 Å². The van der Waals surface area contributed by atoms with E-state index in [1.807, 2.05) is 20.8 Å². The molecule has 6 N–H and O–H groups in total. The van der Waals surface area contributed by atoms with Crippen LogP contribution in [0.5, 0.6) is 0 Å². The van der Waals surface area contributed by atoms with Crippen molar-refractivity contribution in [2.24, 2.45) is 16.7 Å². The highest BCUT2D eigenvalue weighted by molar-refractivity contribution is 7.85. The number of nitrogens with two attached hydrogens (primary N) is 1. The number of hydrazine groups is 1. The van der Waals surface area contributed by atoms with E-state index in [4.69, 9.17) is 5.84 Å². The molecule has 0 aromatic heterocycles. The molecule has 1 atom stereocenters. The molecule has 0 saturated heterocycles. The molecular weight excluding hydrogens is 516 g/mol. The van der Waals surface area contributed by atoms with Crippen molar-refractivity contribution in [3.8, 4) is 0 Å². The van der Waals surface area contributed by atoms with E-state index >= 15 is 0 Å². The lowest BCUT2D eigenvalue weighted by Gasteiger charge is -2.35. The number of hydrogen-bond acceptors (Lipinski definition) is 7. The lowest BCUT2D eigenvalue weighted by atomic mass is 9.77. The third-order valence-electron chi connectivity index (χ3n) is 6.19. The second-order valence-corrected chi connectivity index (χ2v) is 15.8. The molecule has 1 unspecified atom stereocenters. The van der Waals surface area contributed by atoms with Gasteiger partial charge >= 0.3 is 0 Å². The van der Waals surface area contributed by atoms with Crippen molar-refractivity contribution in [3.63, 3.8) is 0 Å². The molecule has 11 heteroatoms. The summed E-state index contributed by atoms with van der Waals surface area (Å²) in [4.78, 5) is 36.5. The minimum atomic E-state index is -1.07. The zero-order chi connectivity index (χ0) is 30.5. The number of carbonyl (C=O) groups excluding carboxylic acids is 3. The van der Waals surface area contributed by atoms with Crippen LogP contribution >= 0.6 is 0 Å². The topological polar surface area (TPSA) is 146 Å². The third-order valence-corrected chi connectivity index (χ3v) is 7.51. The molecule has 0 aromatic carbocycles. The van der Waals surface area contributed by atoms with Gasteiger partial charge in [0.25, 0.3) is 0 Å². The minimum absolute atomic E-state index is 0.0500. The quantitative estimate of drug-likeness (QED) is 0.0957. The highest BCUT2D eigenvalue weighted by Crippen LogP contribution is 2.31. The Hall–Kier alpha value is -1.56. The van der Waals surface area contributed by atoms with Gasteiger partial charge in [-0.25, -0.2) is 5.01 Å². The predicted molar refractivity (Wildman–Crippen MR) is 161 cm³/mol. The summed E-state index contributed by atoms with van der Waals surface area (Å²) in [5.41, 5.74) is -0.652. The largest absolute Gasteiger partial charge is 0.356 e. The fraction of sp³-hybridized carbons (Fsp3) is 0.893. The van der Waals surface area contributed by atoms with Gasteiger partial charge in [-0.15, -0.1) is 0 Å². The molecule has 0 aliphatic carbocycles. The monoisotopic (exact) mass is 574 g/mol. The Morgan fingerprint density at radius 2 is 1.28 bits per heavy atom. The van der Waals surface area contributed by atoms with Gasteiger partial charge in [0.1, 0.15) is 0 Å². The molecule has 0 heterocycles. The highest BCUT2D eigenvalue weighted by Gasteiger charge is 2.30. The Morgan fingerprint density at radius 1 is 0.744 bits per heavy atom. The van der Waals surface area contributed by atoms with Gasteiger partial charge in [0, 0.05) is 72.4 Å². The summed E-state index contributed by atoms with van der Waals surface area (Å²) >= 11 is 0. The molecule has 39 heavy (non-hydrogen) atoms. The van der Waals surface area contributed by atoms with E-state index in [1.54, 1.807) is 0 Å². The molecule has 0 rings (SSSR count). The molecule has 10 nitrogen and oxygen atoms in total. The molecular formula is C28H58N6O4S. The van der Waals surface area contributed by atoms with Crippen molar-refractivity contribution in [1.82, 2.24) is 26.3 Å². The molecule has 0 bridgehead atoms. The van der Waals surface area contributed by atoms with Gasteiger partial charge in [0.15, 0.2) is 0 Å². The van der Waals surface area contributed by atoms with Crippen LogP contribution in [0.2, 0.25) is 0 Å². The summed E-state index contributed by atoms with van der Waals surface area (Å²) in [6, 6.07) is 0. The number of amides is 3. The molecule has 0 aliphatic rings. The summed E-state index contributed by atoms with van der Waals surface area (Å²) in [6.45, 7) is 22.4. The number of carbonyl (C=O) groups is 3. The standard InChI is InChI=1S/C28H58N6O4S/c1-25(2,3)12-13-30-22(35)11-17-39(38)18-16-33-28(9,10)21-27(7,8)19-23(36)31-14-15-32-24(37)20-34(29)26(4,5)6/h33H,11-21,29H2,1-10H3,(H,30,35)(H,31,36)(H,32,37). The summed E-state index contributed by atoms with van der Waals surface area (Å²) < 4.78 is 12.4. The first kappa shape index (κ1) is 37.4. The van der Waals surface area contributed by atoms with E-state index < -0.39 is 10.8 Å². The van der Waals surface area contributed by atoms with Crippen LogP contribution in [0, 0.1) is 10.8 Å². The number of rotatable bonds is 18. The van der Waals surface area contributed by atoms with Crippen molar-refractivity contribution >= 4 is 28.5 Å². The molecule has 0 saturated carbocycles. The Labute approximate surface area is 240 Å². The van der Waals surface area contributed by atoms with Crippen LogP contribution in [0.1, 0.15) is 94.9 Å². The summed E-state index contributed by atoms with van der Waals surface area (Å²) in [6.07, 6.45) is 2.27. The van der Waals surface area contributed by atoms with Crippen molar-refractivity contribution in [2.75, 3.05) is 44.2 Å². The molecule has 230 valence electrons. The van der Waals surface area contributed by atoms with Crippen LogP contribution in [0.25, 0.3) is 0 Å². The maximum Gasteiger partial charge on any atom is 0.235 e. The van der Waals surface area contributed by atoms with E-state index in [0.29, 0.717) is 44.1 Å². The first-order valence-corrected chi connectivity index (χ1v) is 15.5. The second-order valence-electron chi connectivity index (χ2n) is 14.1. The highest BCUT2D eigenvalue weighted by atomic mass is 32.2. The smallest absolute Gasteiger partial charge is 0.235 e. The zero-order valence-corrected chi connectivity index (χ0v) is 27.2. The average Bonchev–Trinajstić information content (AvgIpc) is 2.72. The Kier molecular flexibility index (Phi) is 16.0. The van der Waals surface area contributed by atoms with Crippen molar-refractivity contribution in [2.45, 2.75) is 106 Å². The Morgan fingerprint density at radius 3 is 1.82 bits per heavy atom. The van der Waals surface area contributed by atoms with E-state index in [9.17, 15) is 18.6 Å². The lowest BCUT2D eigenvalue weighted by molar-refractivity contribution is -0.125. The fourth-order valence-electron chi connectivity index (χ4n) is 4.15. The van der Waals surface area contributed by atoms with Crippen molar-refractivity contribution in [3.05, 3.63) is 0 Å². The molecule has 0 radical (unpaired) electrons. The maximum atomic E-state index is 12.5. The number of hydrogen-bond donors (Lipinski definition) is 5. The number of nitrogens with zero attached hydrogens (tertiary/aromatic N) is 1. The number of nitrogens with one attached hydrogen (secondary N) is 4. The Bertz CT molecular complexity index is 803. The zero-order valence-electron chi connectivity index (χ0n) is 26.3. The van der Waals surface area contributed by atoms with Crippen LogP contribution in [0.3, 0.4) is 0 Å².